The maximum atomic E-state index is 12.3. The molecule has 146 valence electrons. The first-order chi connectivity index (χ1) is 13.4. The molecule has 0 bridgehead atoms. The Balaban J connectivity index is 1.63. The summed E-state index contributed by atoms with van der Waals surface area (Å²) in [4.78, 5) is 16.7. The van der Waals surface area contributed by atoms with E-state index in [1.807, 2.05) is 24.3 Å². The van der Waals surface area contributed by atoms with E-state index in [9.17, 15) is 13.2 Å². The summed E-state index contributed by atoms with van der Waals surface area (Å²) in [5.41, 5.74) is 1.48. The fourth-order valence-electron chi connectivity index (χ4n) is 2.48. The van der Waals surface area contributed by atoms with Crippen LogP contribution in [-0.4, -0.2) is 32.2 Å². The summed E-state index contributed by atoms with van der Waals surface area (Å²) in [6, 6.07) is 13.3. The Hall–Kier alpha value is -2.42. The van der Waals surface area contributed by atoms with E-state index < -0.39 is 15.7 Å². The van der Waals surface area contributed by atoms with Gasteiger partial charge in [0.2, 0.25) is 5.91 Å². The third kappa shape index (κ3) is 4.89. The van der Waals surface area contributed by atoms with E-state index in [1.165, 1.54) is 35.6 Å². The molecule has 0 aliphatic rings. The average molecular weight is 437 g/mol. The molecule has 0 saturated heterocycles. The largest absolute Gasteiger partial charge is 0.496 e. The van der Waals surface area contributed by atoms with Crippen LogP contribution >= 0.6 is 22.9 Å². The number of hydrogen-bond donors (Lipinski definition) is 1. The van der Waals surface area contributed by atoms with Gasteiger partial charge in [0.15, 0.2) is 15.0 Å². The number of para-hydroxylation sites is 1. The van der Waals surface area contributed by atoms with Gasteiger partial charge in [-0.05, 0) is 36.4 Å². The Kier molecular flexibility index (Phi) is 6.33. The zero-order valence-corrected chi connectivity index (χ0v) is 17.3. The summed E-state index contributed by atoms with van der Waals surface area (Å²) in [5, 5.41) is 5.30. The Bertz CT molecular complexity index is 1080. The number of sulfone groups is 1. The monoisotopic (exact) mass is 436 g/mol. The quantitative estimate of drug-likeness (QED) is 0.597. The van der Waals surface area contributed by atoms with Gasteiger partial charge >= 0.3 is 0 Å². The minimum atomic E-state index is -3.56. The average Bonchev–Trinajstić information content (AvgIpc) is 3.15. The van der Waals surface area contributed by atoms with Crippen LogP contribution in [-0.2, 0) is 14.6 Å². The molecule has 1 heterocycles. The van der Waals surface area contributed by atoms with Gasteiger partial charge in [0.05, 0.1) is 23.5 Å². The molecule has 1 aromatic heterocycles. The molecule has 0 unspecified atom stereocenters. The molecule has 0 aliphatic heterocycles. The van der Waals surface area contributed by atoms with Gasteiger partial charge in [-0.2, -0.15) is 0 Å². The lowest BCUT2D eigenvalue weighted by Gasteiger charge is -2.06. The summed E-state index contributed by atoms with van der Waals surface area (Å²) in [7, 11) is -1.99. The highest BCUT2D eigenvalue weighted by Crippen LogP contribution is 2.31. The fourth-order valence-corrected chi connectivity index (χ4v) is 4.57. The molecule has 1 N–H and O–H groups in total. The van der Waals surface area contributed by atoms with Gasteiger partial charge in [-0.25, -0.2) is 13.4 Å². The van der Waals surface area contributed by atoms with Crippen LogP contribution in [0.25, 0.3) is 11.3 Å². The molecule has 0 spiro atoms. The Morgan fingerprint density at radius 3 is 2.61 bits per heavy atom. The number of nitrogens with one attached hydrogen (secondary N) is 1. The van der Waals surface area contributed by atoms with Crippen molar-refractivity contribution in [3.63, 3.8) is 0 Å². The van der Waals surface area contributed by atoms with Crippen LogP contribution in [0.4, 0.5) is 5.13 Å². The molecule has 9 heteroatoms. The van der Waals surface area contributed by atoms with E-state index in [2.05, 4.69) is 10.3 Å². The zero-order chi connectivity index (χ0) is 20.1. The zero-order valence-electron chi connectivity index (χ0n) is 14.9. The first kappa shape index (κ1) is 20.3. The van der Waals surface area contributed by atoms with Crippen molar-refractivity contribution in [3.05, 3.63) is 58.9 Å². The van der Waals surface area contributed by atoms with Gasteiger partial charge in [-0.3, -0.25) is 4.79 Å². The predicted octanol–water partition coefficient (Wildman–Crippen LogP) is 4.27. The number of thiazole rings is 1. The van der Waals surface area contributed by atoms with Crippen LogP contribution in [0.15, 0.2) is 58.8 Å². The lowest BCUT2D eigenvalue weighted by Crippen LogP contribution is -2.17. The van der Waals surface area contributed by atoms with Crippen molar-refractivity contribution in [1.29, 1.82) is 0 Å². The van der Waals surface area contributed by atoms with E-state index in [0.29, 0.717) is 21.6 Å². The number of methoxy groups -OCH3 is 1. The summed E-state index contributed by atoms with van der Waals surface area (Å²) in [6.45, 7) is 0. The second kappa shape index (κ2) is 8.72. The second-order valence-electron chi connectivity index (χ2n) is 5.81. The lowest BCUT2D eigenvalue weighted by atomic mass is 10.1. The summed E-state index contributed by atoms with van der Waals surface area (Å²) < 4.78 is 29.9. The number of benzene rings is 2. The third-order valence-corrected chi connectivity index (χ3v) is 6.65. The topological polar surface area (TPSA) is 85.4 Å². The van der Waals surface area contributed by atoms with Crippen molar-refractivity contribution in [2.75, 3.05) is 18.2 Å². The number of halogens is 1. The molecule has 0 aliphatic carbocycles. The minimum Gasteiger partial charge on any atom is -0.496 e. The number of hydrogen-bond acceptors (Lipinski definition) is 6. The Labute approximate surface area is 172 Å². The maximum absolute atomic E-state index is 12.3. The van der Waals surface area contributed by atoms with E-state index in [4.69, 9.17) is 16.3 Å². The lowest BCUT2D eigenvalue weighted by molar-refractivity contribution is -0.115. The fraction of sp³-hybridized carbons (Fsp3) is 0.158. The molecular formula is C19H17ClN2O4S2. The van der Waals surface area contributed by atoms with Crippen molar-refractivity contribution >= 4 is 43.8 Å². The molecule has 1 amide bonds. The van der Waals surface area contributed by atoms with Crippen LogP contribution < -0.4 is 10.1 Å². The first-order valence-electron chi connectivity index (χ1n) is 8.26. The summed E-state index contributed by atoms with van der Waals surface area (Å²) in [5.74, 6) is -0.0382. The molecule has 6 nitrogen and oxygen atoms in total. The number of nitrogens with zero attached hydrogens (tertiary/aromatic N) is 1. The SMILES string of the molecule is COc1ccccc1-c1csc(NC(=O)CCS(=O)(=O)c2ccc(Cl)cc2)n1. The maximum Gasteiger partial charge on any atom is 0.227 e. The van der Waals surface area contributed by atoms with Crippen LogP contribution in [0.5, 0.6) is 5.75 Å². The van der Waals surface area contributed by atoms with Gasteiger partial charge in [-0.1, -0.05) is 23.7 Å². The second-order valence-corrected chi connectivity index (χ2v) is 9.21. The number of rotatable bonds is 7. The van der Waals surface area contributed by atoms with Crippen molar-refractivity contribution in [2.45, 2.75) is 11.3 Å². The number of aromatic nitrogens is 1. The van der Waals surface area contributed by atoms with Gasteiger partial charge in [-0.15, -0.1) is 11.3 Å². The van der Waals surface area contributed by atoms with Gasteiger partial charge in [0.25, 0.3) is 0 Å². The van der Waals surface area contributed by atoms with Crippen molar-refractivity contribution in [1.82, 2.24) is 4.98 Å². The molecule has 0 saturated carbocycles. The van der Waals surface area contributed by atoms with Crippen LogP contribution in [0.1, 0.15) is 6.42 Å². The Morgan fingerprint density at radius 1 is 1.18 bits per heavy atom. The number of anilines is 1. The highest BCUT2D eigenvalue weighted by atomic mass is 35.5. The smallest absolute Gasteiger partial charge is 0.227 e. The molecule has 3 aromatic rings. The van der Waals surface area contributed by atoms with E-state index >= 15 is 0 Å². The van der Waals surface area contributed by atoms with Crippen molar-refractivity contribution < 1.29 is 17.9 Å². The molecule has 0 fully saturated rings. The molecule has 2 aromatic carbocycles. The van der Waals surface area contributed by atoms with Crippen LogP contribution in [0.2, 0.25) is 5.02 Å². The van der Waals surface area contributed by atoms with E-state index in [-0.39, 0.29) is 17.1 Å². The van der Waals surface area contributed by atoms with Crippen LogP contribution in [0, 0.1) is 0 Å². The van der Waals surface area contributed by atoms with E-state index in [1.54, 1.807) is 12.5 Å². The van der Waals surface area contributed by atoms with Gasteiger partial charge in [0.1, 0.15) is 5.75 Å². The van der Waals surface area contributed by atoms with Gasteiger partial charge < -0.3 is 10.1 Å². The standard InChI is InChI=1S/C19H17ClN2O4S2/c1-26-17-5-3-2-4-15(17)16-12-27-19(21-16)22-18(23)10-11-28(24,25)14-8-6-13(20)7-9-14/h2-9,12H,10-11H2,1H3,(H,21,22,23). The number of carbonyl (C=O) groups is 1. The third-order valence-electron chi connectivity index (χ3n) is 3.90. The number of ether oxygens (including phenoxy) is 1. The highest BCUT2D eigenvalue weighted by Gasteiger charge is 2.17. The van der Waals surface area contributed by atoms with Crippen molar-refractivity contribution in [3.8, 4) is 17.0 Å². The predicted molar refractivity (Wildman–Crippen MR) is 111 cm³/mol. The Morgan fingerprint density at radius 2 is 1.89 bits per heavy atom. The number of carbonyl (C=O) groups excluding carboxylic acids is 1. The van der Waals surface area contributed by atoms with Crippen molar-refractivity contribution in [2.24, 2.45) is 0 Å². The molecule has 3 rings (SSSR count). The highest BCUT2D eigenvalue weighted by molar-refractivity contribution is 7.91. The van der Waals surface area contributed by atoms with Gasteiger partial charge in [0, 0.05) is 22.4 Å². The molecular weight excluding hydrogens is 420 g/mol. The molecule has 0 atom stereocenters. The van der Waals surface area contributed by atoms with E-state index in [0.717, 1.165) is 5.56 Å². The normalized spacial score (nSPS) is 11.2. The van der Waals surface area contributed by atoms with Crippen LogP contribution in [0.3, 0.4) is 0 Å². The summed E-state index contributed by atoms with van der Waals surface area (Å²) in [6.07, 6.45) is -0.172. The minimum absolute atomic E-state index is 0.136. The summed E-state index contributed by atoms with van der Waals surface area (Å²) >= 11 is 7.03. The first-order valence-corrected chi connectivity index (χ1v) is 11.2. The molecule has 28 heavy (non-hydrogen) atoms. The number of amides is 1. The molecule has 0 radical (unpaired) electrons.